The predicted molar refractivity (Wildman–Crippen MR) is 147 cm³/mol. The van der Waals surface area contributed by atoms with Crippen LogP contribution in [0.4, 0.5) is 16.5 Å². The van der Waals surface area contributed by atoms with Crippen LogP contribution >= 0.6 is 35.3 Å². The van der Waals surface area contributed by atoms with Gasteiger partial charge in [-0.1, -0.05) is 42.5 Å². The molecule has 1 atom stereocenters. The van der Waals surface area contributed by atoms with Gasteiger partial charge in [0, 0.05) is 16.3 Å². The molecule has 1 unspecified atom stereocenters. The Bertz CT molecular complexity index is 1290. The Morgan fingerprint density at radius 3 is 2.56 bits per heavy atom. The minimum absolute atomic E-state index is 0.0712. The molecule has 3 N–H and O–H groups in total. The van der Waals surface area contributed by atoms with Crippen molar-refractivity contribution in [2.24, 2.45) is 0 Å². The van der Waals surface area contributed by atoms with Crippen molar-refractivity contribution < 1.29 is 9.53 Å². The van der Waals surface area contributed by atoms with E-state index in [1.807, 2.05) is 79.7 Å². The van der Waals surface area contributed by atoms with Crippen molar-refractivity contribution in [1.82, 2.24) is 4.98 Å². The molecule has 1 aromatic heterocycles. The summed E-state index contributed by atoms with van der Waals surface area (Å²) in [6.07, 6.45) is 0.681. The Morgan fingerprint density at radius 2 is 1.79 bits per heavy atom. The lowest BCUT2D eigenvalue weighted by Gasteiger charge is -2.15. The van der Waals surface area contributed by atoms with Crippen LogP contribution in [0.2, 0.25) is 0 Å². The Hall–Kier alpha value is -3.14. The number of rotatable bonds is 8. The number of nitrogens with one attached hydrogen (secondary N) is 3. The van der Waals surface area contributed by atoms with Crippen LogP contribution in [-0.2, 0) is 4.79 Å². The molecule has 1 amide bonds. The summed E-state index contributed by atoms with van der Waals surface area (Å²) in [7, 11) is 1.63. The number of para-hydroxylation sites is 1. The second kappa shape index (κ2) is 11.3. The number of thioether (sulfide) groups is 1. The molecule has 0 saturated carbocycles. The lowest BCUT2D eigenvalue weighted by atomic mass is 10.3. The van der Waals surface area contributed by atoms with Crippen molar-refractivity contribution in [2.45, 2.75) is 23.5 Å². The van der Waals surface area contributed by atoms with Gasteiger partial charge in [0.05, 0.1) is 22.6 Å². The first-order valence-electron chi connectivity index (χ1n) is 10.7. The van der Waals surface area contributed by atoms with Gasteiger partial charge in [0.2, 0.25) is 5.91 Å². The van der Waals surface area contributed by atoms with E-state index in [4.69, 9.17) is 17.0 Å². The van der Waals surface area contributed by atoms with E-state index < -0.39 is 0 Å². The third-order valence-corrected chi connectivity index (χ3v) is 7.39. The van der Waals surface area contributed by atoms with Crippen LogP contribution in [0.15, 0.2) is 77.7 Å². The standard InChI is InChI=1S/C25H24N4O2S3/c1-3-21(23(30)29-25-28-20-13-12-18(31-2)15-22(20)34-25)33-19-11-7-10-17(14-19)27-24(32)26-16-8-5-4-6-9-16/h4-15,21H,3H2,1-2H3,(H2,26,27,32)(H,28,29,30). The molecule has 0 aliphatic rings. The second-order valence-electron chi connectivity index (χ2n) is 7.33. The number of hydrogen-bond donors (Lipinski definition) is 3. The summed E-state index contributed by atoms with van der Waals surface area (Å²) in [5.74, 6) is 0.695. The molecule has 4 aromatic rings. The number of benzene rings is 3. The molecular weight excluding hydrogens is 485 g/mol. The fourth-order valence-electron chi connectivity index (χ4n) is 3.22. The highest BCUT2D eigenvalue weighted by Crippen LogP contribution is 2.32. The molecule has 0 saturated heterocycles. The van der Waals surface area contributed by atoms with Crippen LogP contribution in [0, 0.1) is 0 Å². The summed E-state index contributed by atoms with van der Waals surface area (Å²) < 4.78 is 6.24. The fraction of sp³-hybridized carbons (Fsp3) is 0.160. The van der Waals surface area contributed by atoms with E-state index in [2.05, 4.69) is 20.9 Å². The normalized spacial score (nSPS) is 11.6. The summed E-state index contributed by atoms with van der Waals surface area (Å²) in [6, 6.07) is 23.3. The van der Waals surface area contributed by atoms with Crippen molar-refractivity contribution in [1.29, 1.82) is 0 Å². The molecule has 174 valence electrons. The van der Waals surface area contributed by atoms with Gasteiger partial charge in [-0.3, -0.25) is 4.79 Å². The number of aromatic nitrogens is 1. The van der Waals surface area contributed by atoms with Gasteiger partial charge in [-0.05, 0) is 67.2 Å². The van der Waals surface area contributed by atoms with E-state index in [9.17, 15) is 4.79 Å². The van der Waals surface area contributed by atoms with Crippen LogP contribution in [0.1, 0.15) is 13.3 Å². The highest BCUT2D eigenvalue weighted by atomic mass is 32.2. The lowest BCUT2D eigenvalue weighted by molar-refractivity contribution is -0.115. The molecule has 6 nitrogen and oxygen atoms in total. The van der Waals surface area contributed by atoms with Crippen molar-refractivity contribution in [2.75, 3.05) is 23.1 Å². The van der Waals surface area contributed by atoms with Gasteiger partial charge in [0.15, 0.2) is 10.2 Å². The highest BCUT2D eigenvalue weighted by Gasteiger charge is 2.20. The van der Waals surface area contributed by atoms with Crippen molar-refractivity contribution in [3.05, 3.63) is 72.8 Å². The molecule has 9 heteroatoms. The minimum Gasteiger partial charge on any atom is -0.497 e. The number of thiazole rings is 1. The van der Waals surface area contributed by atoms with Gasteiger partial charge in [-0.15, -0.1) is 11.8 Å². The maximum absolute atomic E-state index is 13.0. The molecule has 0 spiro atoms. The monoisotopic (exact) mass is 508 g/mol. The Balaban J connectivity index is 1.38. The zero-order chi connectivity index (χ0) is 23.9. The van der Waals surface area contributed by atoms with Crippen LogP contribution in [0.25, 0.3) is 10.2 Å². The predicted octanol–water partition coefficient (Wildman–Crippen LogP) is 6.62. The highest BCUT2D eigenvalue weighted by molar-refractivity contribution is 8.00. The third kappa shape index (κ3) is 6.25. The average molecular weight is 509 g/mol. The Morgan fingerprint density at radius 1 is 1.03 bits per heavy atom. The van der Waals surface area contributed by atoms with E-state index in [1.54, 1.807) is 7.11 Å². The third-order valence-electron chi connectivity index (χ3n) is 4.89. The molecule has 34 heavy (non-hydrogen) atoms. The summed E-state index contributed by atoms with van der Waals surface area (Å²) in [5, 5.41) is 10.2. The minimum atomic E-state index is -0.258. The maximum Gasteiger partial charge on any atom is 0.239 e. The Kier molecular flexibility index (Phi) is 7.99. The molecule has 4 rings (SSSR count). The molecule has 0 radical (unpaired) electrons. The van der Waals surface area contributed by atoms with E-state index >= 15 is 0 Å². The van der Waals surface area contributed by atoms with Crippen LogP contribution in [0.3, 0.4) is 0 Å². The van der Waals surface area contributed by atoms with Crippen molar-refractivity contribution >= 4 is 73.1 Å². The summed E-state index contributed by atoms with van der Waals surface area (Å²) >= 11 is 8.37. The fourth-order valence-corrected chi connectivity index (χ4v) is 5.37. The number of ether oxygens (including phenoxy) is 1. The SMILES string of the molecule is CCC(Sc1cccc(NC(=S)Nc2ccccc2)c1)C(=O)Nc1nc2ccc(OC)cc2s1. The number of hydrogen-bond acceptors (Lipinski definition) is 6. The number of carbonyl (C=O) groups is 1. The molecule has 1 heterocycles. The topological polar surface area (TPSA) is 75.3 Å². The van der Waals surface area contributed by atoms with E-state index in [-0.39, 0.29) is 11.2 Å². The molecule has 3 aromatic carbocycles. The molecule has 0 aliphatic carbocycles. The van der Waals surface area contributed by atoms with Crippen LogP contribution in [0.5, 0.6) is 5.75 Å². The number of amides is 1. The van der Waals surface area contributed by atoms with Crippen LogP contribution < -0.4 is 20.7 Å². The first-order valence-corrected chi connectivity index (χ1v) is 12.8. The zero-order valence-electron chi connectivity index (χ0n) is 18.7. The summed E-state index contributed by atoms with van der Waals surface area (Å²) in [5.41, 5.74) is 2.61. The summed E-state index contributed by atoms with van der Waals surface area (Å²) in [6.45, 7) is 2.00. The first-order chi connectivity index (χ1) is 16.5. The molecule has 0 aliphatic heterocycles. The summed E-state index contributed by atoms with van der Waals surface area (Å²) in [4.78, 5) is 18.5. The van der Waals surface area contributed by atoms with Gasteiger partial charge in [-0.25, -0.2) is 4.98 Å². The van der Waals surface area contributed by atoms with E-state index in [0.29, 0.717) is 16.7 Å². The number of thiocarbonyl (C=S) groups is 1. The molecule has 0 bridgehead atoms. The molecule has 0 fully saturated rings. The van der Waals surface area contributed by atoms with Crippen molar-refractivity contribution in [3.8, 4) is 5.75 Å². The lowest BCUT2D eigenvalue weighted by Crippen LogP contribution is -2.24. The van der Waals surface area contributed by atoms with Gasteiger partial charge < -0.3 is 20.7 Å². The van der Waals surface area contributed by atoms with Gasteiger partial charge in [-0.2, -0.15) is 0 Å². The average Bonchev–Trinajstić information content (AvgIpc) is 3.24. The largest absolute Gasteiger partial charge is 0.497 e. The van der Waals surface area contributed by atoms with E-state index in [0.717, 1.165) is 32.2 Å². The van der Waals surface area contributed by atoms with E-state index in [1.165, 1.54) is 23.1 Å². The van der Waals surface area contributed by atoms with Gasteiger partial charge in [0.25, 0.3) is 0 Å². The number of anilines is 3. The number of fused-ring (bicyclic) bond motifs is 1. The number of carbonyl (C=O) groups excluding carboxylic acids is 1. The smallest absolute Gasteiger partial charge is 0.239 e. The number of nitrogens with zero attached hydrogens (tertiary/aromatic N) is 1. The van der Waals surface area contributed by atoms with Crippen LogP contribution in [-0.4, -0.2) is 28.4 Å². The first kappa shape index (κ1) is 24.0. The molecular formula is C25H24N4O2S3. The maximum atomic E-state index is 13.0. The zero-order valence-corrected chi connectivity index (χ0v) is 21.2. The van der Waals surface area contributed by atoms with Gasteiger partial charge >= 0.3 is 0 Å². The van der Waals surface area contributed by atoms with Crippen molar-refractivity contribution in [3.63, 3.8) is 0 Å². The Labute approximate surface area is 212 Å². The quantitative estimate of drug-likeness (QED) is 0.182. The number of methoxy groups -OCH3 is 1. The second-order valence-corrected chi connectivity index (χ2v) is 10.0. The van der Waals surface area contributed by atoms with Gasteiger partial charge in [0.1, 0.15) is 5.75 Å².